The molecular formula is C26H32N2O2. The topological polar surface area (TPSA) is 62.0 Å². The average molecular weight is 405 g/mol. The van der Waals surface area contributed by atoms with Crippen LogP contribution in [0.1, 0.15) is 52.8 Å². The summed E-state index contributed by atoms with van der Waals surface area (Å²) in [6, 6.07) is 20.0. The highest BCUT2D eigenvalue weighted by molar-refractivity contribution is 6.36. The number of carbonyl (C=O) groups is 2. The van der Waals surface area contributed by atoms with Gasteiger partial charge in [-0.15, -0.1) is 0 Å². The van der Waals surface area contributed by atoms with Gasteiger partial charge in [-0.3, -0.25) is 4.79 Å². The van der Waals surface area contributed by atoms with Crippen molar-refractivity contribution in [3.8, 4) is 11.1 Å². The van der Waals surface area contributed by atoms with Crippen LogP contribution in [0, 0.1) is 0 Å². The van der Waals surface area contributed by atoms with E-state index in [1.807, 2.05) is 82.4 Å². The Balaban J connectivity index is 0.000000497. The highest BCUT2D eigenvalue weighted by Crippen LogP contribution is 2.40. The van der Waals surface area contributed by atoms with Gasteiger partial charge in [-0.1, -0.05) is 70.2 Å². The Morgan fingerprint density at radius 3 is 2.03 bits per heavy atom. The fraction of sp³-hybridized carbons (Fsp3) is 0.231. The van der Waals surface area contributed by atoms with Crippen LogP contribution in [0.4, 0.5) is 5.69 Å². The SMILES string of the molecule is CC.CC.CC(C)=O.O=C1Nc2cccc(-c3ccccc3)c2/C1=C/c1ccc[nH]1. The number of benzene rings is 2. The summed E-state index contributed by atoms with van der Waals surface area (Å²) in [5.74, 6) is 0.105. The van der Waals surface area contributed by atoms with Crippen LogP contribution in [0.15, 0.2) is 66.9 Å². The second-order valence-electron chi connectivity index (χ2n) is 6.14. The maximum Gasteiger partial charge on any atom is 0.256 e. The van der Waals surface area contributed by atoms with Gasteiger partial charge >= 0.3 is 0 Å². The number of Topliss-reactive ketones (excluding diaryl/α,β-unsaturated/α-hetero) is 1. The summed E-state index contributed by atoms with van der Waals surface area (Å²) in [5.41, 5.74) is 5.61. The molecule has 158 valence electrons. The van der Waals surface area contributed by atoms with Crippen molar-refractivity contribution in [1.29, 1.82) is 0 Å². The van der Waals surface area contributed by atoms with Crippen molar-refractivity contribution in [3.63, 3.8) is 0 Å². The number of hydrogen-bond donors (Lipinski definition) is 2. The summed E-state index contributed by atoms with van der Waals surface area (Å²) in [6.45, 7) is 11.1. The number of hydrogen-bond acceptors (Lipinski definition) is 2. The molecular weight excluding hydrogens is 372 g/mol. The van der Waals surface area contributed by atoms with Crippen LogP contribution in [-0.4, -0.2) is 16.7 Å². The minimum absolute atomic E-state index is 0.0621. The maximum atomic E-state index is 12.3. The molecule has 0 atom stereocenters. The lowest BCUT2D eigenvalue weighted by molar-refractivity contribution is -0.115. The molecule has 4 rings (SSSR count). The summed E-state index contributed by atoms with van der Waals surface area (Å²) < 4.78 is 0. The van der Waals surface area contributed by atoms with Crippen molar-refractivity contribution in [2.45, 2.75) is 41.5 Å². The molecule has 0 bridgehead atoms. The molecule has 0 unspecified atom stereocenters. The largest absolute Gasteiger partial charge is 0.362 e. The molecule has 3 aromatic rings. The highest BCUT2D eigenvalue weighted by atomic mass is 16.2. The zero-order chi connectivity index (χ0) is 22.5. The van der Waals surface area contributed by atoms with Crippen LogP contribution >= 0.6 is 0 Å². The van der Waals surface area contributed by atoms with E-state index in [4.69, 9.17) is 0 Å². The number of ketones is 1. The summed E-state index contributed by atoms with van der Waals surface area (Å²) in [6.07, 6.45) is 3.75. The lowest BCUT2D eigenvalue weighted by Gasteiger charge is -2.08. The number of aromatic nitrogens is 1. The zero-order valence-electron chi connectivity index (χ0n) is 18.7. The molecule has 2 aromatic carbocycles. The number of H-pyrrole nitrogens is 1. The number of rotatable bonds is 2. The molecule has 2 heterocycles. The Kier molecular flexibility index (Phi) is 10.6. The third kappa shape index (κ3) is 6.59. The fourth-order valence-electron chi connectivity index (χ4n) is 2.84. The van der Waals surface area contributed by atoms with Crippen LogP contribution in [-0.2, 0) is 9.59 Å². The predicted molar refractivity (Wildman–Crippen MR) is 128 cm³/mol. The standard InChI is InChI=1S/C19H14N2O.C3H6O.2C2H6/c22-19-16(12-14-8-5-11-20-14)18-15(9-4-10-17(18)21-19)13-6-2-1-3-7-13;1-3(2)4;2*1-2/h1-12,20H,(H,21,22);1-2H3;2*1-2H3/b16-12-;;;. The lowest BCUT2D eigenvalue weighted by Crippen LogP contribution is -2.03. The molecule has 1 aliphatic rings. The van der Waals surface area contributed by atoms with Crippen molar-refractivity contribution >= 4 is 29.0 Å². The summed E-state index contributed by atoms with van der Waals surface area (Å²) in [5, 5.41) is 2.95. The van der Waals surface area contributed by atoms with E-state index in [1.165, 1.54) is 13.8 Å². The Morgan fingerprint density at radius 2 is 1.47 bits per heavy atom. The molecule has 1 amide bonds. The van der Waals surface area contributed by atoms with E-state index in [0.717, 1.165) is 28.1 Å². The molecule has 2 N–H and O–H groups in total. The molecule has 0 fully saturated rings. The molecule has 0 saturated carbocycles. The predicted octanol–water partition coefficient (Wildman–Crippen LogP) is 6.82. The van der Waals surface area contributed by atoms with Gasteiger partial charge in [0.15, 0.2) is 0 Å². The van der Waals surface area contributed by atoms with E-state index in [1.54, 1.807) is 0 Å². The molecule has 0 spiro atoms. The van der Waals surface area contributed by atoms with Gasteiger partial charge in [-0.25, -0.2) is 0 Å². The first-order chi connectivity index (χ1) is 14.6. The molecule has 1 aromatic heterocycles. The van der Waals surface area contributed by atoms with E-state index in [0.29, 0.717) is 5.57 Å². The Hall–Kier alpha value is -3.40. The minimum atomic E-state index is -0.0621. The third-order valence-electron chi connectivity index (χ3n) is 3.83. The molecule has 0 saturated heterocycles. The van der Waals surface area contributed by atoms with Crippen molar-refractivity contribution in [1.82, 2.24) is 4.98 Å². The Bertz CT molecular complexity index is 952. The minimum Gasteiger partial charge on any atom is -0.362 e. The molecule has 1 aliphatic heterocycles. The zero-order valence-corrected chi connectivity index (χ0v) is 18.7. The van der Waals surface area contributed by atoms with Gasteiger partial charge in [0.05, 0.1) is 5.57 Å². The van der Waals surface area contributed by atoms with E-state index in [2.05, 4.69) is 28.5 Å². The number of nitrogens with one attached hydrogen (secondary N) is 2. The first-order valence-electron chi connectivity index (χ1n) is 10.4. The van der Waals surface area contributed by atoms with Gasteiger partial charge in [0.2, 0.25) is 0 Å². The van der Waals surface area contributed by atoms with Crippen molar-refractivity contribution in [2.75, 3.05) is 5.32 Å². The van der Waals surface area contributed by atoms with Gasteiger partial charge in [0.25, 0.3) is 5.91 Å². The first kappa shape index (κ1) is 24.6. The van der Waals surface area contributed by atoms with Crippen LogP contribution in [0.5, 0.6) is 0 Å². The van der Waals surface area contributed by atoms with Crippen molar-refractivity contribution < 1.29 is 9.59 Å². The maximum absolute atomic E-state index is 12.3. The van der Waals surface area contributed by atoms with Gasteiger partial charge in [0, 0.05) is 23.1 Å². The molecule has 4 nitrogen and oxygen atoms in total. The van der Waals surface area contributed by atoms with Crippen LogP contribution < -0.4 is 5.32 Å². The normalized spacial score (nSPS) is 12.2. The van der Waals surface area contributed by atoms with Gasteiger partial charge in [-0.2, -0.15) is 0 Å². The Morgan fingerprint density at radius 1 is 0.833 bits per heavy atom. The van der Waals surface area contributed by atoms with Gasteiger partial charge in [-0.05, 0) is 49.2 Å². The fourth-order valence-corrected chi connectivity index (χ4v) is 2.84. The van der Waals surface area contributed by atoms with Gasteiger partial charge < -0.3 is 15.1 Å². The van der Waals surface area contributed by atoms with E-state index in [9.17, 15) is 9.59 Å². The monoisotopic (exact) mass is 404 g/mol. The number of anilines is 1. The van der Waals surface area contributed by atoms with Crippen LogP contribution in [0.3, 0.4) is 0 Å². The summed E-state index contributed by atoms with van der Waals surface area (Å²) in [4.78, 5) is 24.9. The van der Waals surface area contributed by atoms with Crippen molar-refractivity contribution in [3.05, 3.63) is 78.1 Å². The molecule has 4 heteroatoms. The molecule has 30 heavy (non-hydrogen) atoms. The Labute approximate surface area is 180 Å². The van der Waals surface area contributed by atoms with Crippen molar-refractivity contribution in [2.24, 2.45) is 0 Å². The van der Waals surface area contributed by atoms with Crippen LogP contribution in [0.25, 0.3) is 22.8 Å². The number of fused-ring (bicyclic) bond motifs is 1. The lowest BCUT2D eigenvalue weighted by atomic mass is 9.94. The van der Waals surface area contributed by atoms with Crippen LogP contribution in [0.2, 0.25) is 0 Å². The summed E-state index contributed by atoms with van der Waals surface area (Å²) >= 11 is 0. The number of carbonyl (C=O) groups excluding carboxylic acids is 2. The second-order valence-corrected chi connectivity index (χ2v) is 6.14. The molecule has 0 radical (unpaired) electrons. The smallest absolute Gasteiger partial charge is 0.256 e. The number of amides is 1. The van der Waals surface area contributed by atoms with E-state index in [-0.39, 0.29) is 11.7 Å². The van der Waals surface area contributed by atoms with E-state index >= 15 is 0 Å². The van der Waals surface area contributed by atoms with Gasteiger partial charge in [0.1, 0.15) is 5.78 Å². The van der Waals surface area contributed by atoms with E-state index < -0.39 is 0 Å². The average Bonchev–Trinajstić information content (AvgIpc) is 3.39. The second kappa shape index (κ2) is 12.9. The summed E-state index contributed by atoms with van der Waals surface area (Å²) in [7, 11) is 0. The first-order valence-corrected chi connectivity index (χ1v) is 10.4. The highest BCUT2D eigenvalue weighted by Gasteiger charge is 2.27. The quantitative estimate of drug-likeness (QED) is 0.460. The third-order valence-corrected chi connectivity index (χ3v) is 3.83. The molecule has 0 aliphatic carbocycles. The number of aromatic amines is 1.